The number of allylic oxidation sites excluding steroid dienone is 5. The molecule has 0 saturated carbocycles. The summed E-state index contributed by atoms with van der Waals surface area (Å²) in [6.07, 6.45) is 9.30. The Bertz CT molecular complexity index is 2950. The van der Waals surface area contributed by atoms with Crippen LogP contribution in [0.15, 0.2) is 163 Å². The monoisotopic (exact) mass is 728 g/mol. The van der Waals surface area contributed by atoms with Gasteiger partial charge in [-0.25, -0.2) is 0 Å². The van der Waals surface area contributed by atoms with E-state index in [4.69, 9.17) is 0 Å². The van der Waals surface area contributed by atoms with Gasteiger partial charge in [0.25, 0.3) is 0 Å². The minimum atomic E-state index is -0.979. The first-order valence-corrected chi connectivity index (χ1v) is 18.8. The van der Waals surface area contributed by atoms with Crippen LogP contribution in [0.2, 0.25) is 0 Å². The van der Waals surface area contributed by atoms with Gasteiger partial charge < -0.3 is 25.5 Å². The maximum atomic E-state index is 10.8. The Labute approximate surface area is 323 Å². The first-order valence-electron chi connectivity index (χ1n) is 18.8. The van der Waals surface area contributed by atoms with E-state index in [0.29, 0.717) is 12.0 Å². The summed E-state index contributed by atoms with van der Waals surface area (Å²) in [5.41, 5.74) is 11.3. The molecule has 10 rings (SSSR count). The molecule has 5 N–H and O–H groups in total. The van der Waals surface area contributed by atoms with Gasteiger partial charge >= 0.3 is 0 Å². The van der Waals surface area contributed by atoms with Gasteiger partial charge in [0, 0.05) is 0 Å². The lowest BCUT2D eigenvalue weighted by molar-refractivity contribution is 0.330. The van der Waals surface area contributed by atoms with Crippen LogP contribution in [0.5, 0.6) is 28.7 Å². The van der Waals surface area contributed by atoms with E-state index in [1.165, 1.54) is 60.2 Å². The molecule has 0 heterocycles. The van der Waals surface area contributed by atoms with Crippen molar-refractivity contribution in [1.82, 2.24) is 0 Å². The van der Waals surface area contributed by atoms with Gasteiger partial charge in [-0.15, -0.1) is 0 Å². The quantitative estimate of drug-likeness (QED) is 0.0690. The molecule has 270 valence electrons. The molecule has 0 aliphatic heterocycles. The average molecular weight is 729 g/mol. The van der Waals surface area contributed by atoms with E-state index in [9.17, 15) is 25.5 Å². The highest BCUT2D eigenvalue weighted by Gasteiger charge is 2.29. The van der Waals surface area contributed by atoms with E-state index in [0.717, 1.165) is 40.7 Å². The van der Waals surface area contributed by atoms with Crippen molar-refractivity contribution in [2.45, 2.75) is 19.3 Å². The van der Waals surface area contributed by atoms with Crippen LogP contribution in [-0.2, 0) is 6.42 Å². The number of fused-ring (bicyclic) bond motifs is 4. The second-order valence-corrected chi connectivity index (χ2v) is 14.6. The van der Waals surface area contributed by atoms with Crippen LogP contribution in [0.4, 0.5) is 0 Å². The zero-order valence-electron chi connectivity index (χ0n) is 30.3. The largest absolute Gasteiger partial charge is 0.504 e. The first-order chi connectivity index (χ1) is 27.4. The van der Waals surface area contributed by atoms with Gasteiger partial charge in [0.15, 0.2) is 11.5 Å². The molecule has 8 aromatic carbocycles. The highest BCUT2D eigenvalue weighted by atomic mass is 16.4. The van der Waals surface area contributed by atoms with Crippen molar-refractivity contribution >= 4 is 37.9 Å². The van der Waals surface area contributed by atoms with Gasteiger partial charge in [0.05, 0.1) is 5.56 Å². The van der Waals surface area contributed by atoms with Crippen LogP contribution in [0.3, 0.4) is 0 Å². The topological polar surface area (TPSA) is 101 Å². The molecule has 2 aliphatic rings. The fourth-order valence-corrected chi connectivity index (χ4v) is 8.91. The summed E-state index contributed by atoms with van der Waals surface area (Å²) in [5.74, 6) is -4.20. The van der Waals surface area contributed by atoms with E-state index in [2.05, 4.69) is 133 Å². The molecule has 0 radical (unpaired) electrons. The molecular formula is C51H36O5. The molecule has 0 spiro atoms. The molecule has 0 atom stereocenters. The Kier molecular flexibility index (Phi) is 7.72. The first kappa shape index (κ1) is 33.3. The fourth-order valence-electron chi connectivity index (χ4n) is 8.91. The Morgan fingerprint density at radius 2 is 0.964 bits per heavy atom. The number of phenols is 5. The van der Waals surface area contributed by atoms with Crippen LogP contribution in [-0.4, -0.2) is 25.5 Å². The molecule has 0 fully saturated rings. The molecule has 8 aromatic rings. The lowest BCUT2D eigenvalue weighted by atomic mass is 9.84. The number of benzene rings is 8. The maximum absolute atomic E-state index is 10.8. The van der Waals surface area contributed by atoms with E-state index in [1.807, 2.05) is 12.1 Å². The maximum Gasteiger partial charge on any atom is 0.208 e. The van der Waals surface area contributed by atoms with Crippen LogP contribution in [0, 0.1) is 0 Å². The molecule has 0 unspecified atom stereocenters. The summed E-state index contributed by atoms with van der Waals surface area (Å²) in [7, 11) is 0. The lowest BCUT2D eigenvalue weighted by Crippen LogP contribution is -1.95. The standard InChI is InChI=1S/C51H36O5/c52-47-45(48(53)50(55)51(56)49(47)54)34-26-25-33-27-41(30-11-2-1-3-12-30)44(42(33)28-34)32-23-21-31(22-24-32)43-37-16-6-8-18-39(37)46(40-19-9-7-17-38(40)43)36-20-10-14-29-13-4-5-15-35(29)36/h2,4-26,28,52-56H,1,3,27H2. The number of hydrogen-bond donors (Lipinski definition) is 5. The summed E-state index contributed by atoms with van der Waals surface area (Å²) < 4.78 is 0. The van der Waals surface area contributed by atoms with Crippen molar-refractivity contribution in [3.05, 3.63) is 180 Å². The second-order valence-electron chi connectivity index (χ2n) is 14.6. The molecule has 2 aliphatic carbocycles. The summed E-state index contributed by atoms with van der Waals surface area (Å²) in [6, 6.07) is 46.8. The van der Waals surface area contributed by atoms with Crippen LogP contribution < -0.4 is 0 Å². The van der Waals surface area contributed by atoms with Crippen molar-refractivity contribution in [2.24, 2.45) is 0 Å². The van der Waals surface area contributed by atoms with E-state index >= 15 is 0 Å². The predicted molar refractivity (Wildman–Crippen MR) is 226 cm³/mol. The third-order valence-corrected chi connectivity index (χ3v) is 11.5. The van der Waals surface area contributed by atoms with E-state index < -0.39 is 28.7 Å². The molecule has 0 bridgehead atoms. The third-order valence-electron chi connectivity index (χ3n) is 11.5. The summed E-state index contributed by atoms with van der Waals surface area (Å²) >= 11 is 0. The van der Waals surface area contributed by atoms with Crippen LogP contribution in [0.1, 0.15) is 29.5 Å². The van der Waals surface area contributed by atoms with Gasteiger partial charge in [-0.3, -0.25) is 0 Å². The zero-order valence-corrected chi connectivity index (χ0v) is 30.3. The Morgan fingerprint density at radius 1 is 0.411 bits per heavy atom. The van der Waals surface area contributed by atoms with E-state index in [-0.39, 0.29) is 5.56 Å². The molecular weight excluding hydrogens is 693 g/mol. The van der Waals surface area contributed by atoms with Crippen molar-refractivity contribution in [3.8, 4) is 62.1 Å². The zero-order chi connectivity index (χ0) is 38.1. The minimum Gasteiger partial charge on any atom is -0.504 e. The number of aromatic hydroxyl groups is 5. The Hall–Kier alpha value is -7.24. The molecule has 0 saturated heterocycles. The molecule has 0 amide bonds. The normalized spacial score (nSPS) is 13.8. The van der Waals surface area contributed by atoms with Gasteiger partial charge in [0.2, 0.25) is 17.2 Å². The highest BCUT2D eigenvalue weighted by Crippen LogP contribution is 2.56. The minimum absolute atomic E-state index is 0.161. The van der Waals surface area contributed by atoms with Gasteiger partial charge in [-0.05, 0) is 119 Å². The SMILES string of the molecule is Oc1c(O)c(O)c(-c2ccc3c(c2)C(c2ccc(-c4c5ccccc5c(-c5cccc6ccccc56)c5ccccc45)cc2)=C(C2=CCCC=C2)C3)c(O)c1O. The van der Waals surface area contributed by atoms with Crippen molar-refractivity contribution in [2.75, 3.05) is 0 Å². The predicted octanol–water partition coefficient (Wildman–Crippen LogP) is 12.3. The van der Waals surface area contributed by atoms with Crippen molar-refractivity contribution < 1.29 is 25.5 Å². The smallest absolute Gasteiger partial charge is 0.208 e. The Balaban J connectivity index is 1.16. The summed E-state index contributed by atoms with van der Waals surface area (Å²) in [5, 5.41) is 59.6. The van der Waals surface area contributed by atoms with Crippen molar-refractivity contribution in [1.29, 1.82) is 0 Å². The molecule has 56 heavy (non-hydrogen) atoms. The van der Waals surface area contributed by atoms with Crippen LogP contribution in [0.25, 0.3) is 71.3 Å². The summed E-state index contributed by atoms with van der Waals surface area (Å²) in [6.45, 7) is 0. The van der Waals surface area contributed by atoms with Crippen LogP contribution >= 0.6 is 0 Å². The van der Waals surface area contributed by atoms with E-state index in [1.54, 1.807) is 6.07 Å². The molecule has 0 aromatic heterocycles. The number of phenolic OH excluding ortho intramolecular Hbond substituents is 5. The summed E-state index contributed by atoms with van der Waals surface area (Å²) in [4.78, 5) is 0. The number of rotatable bonds is 5. The molecule has 5 nitrogen and oxygen atoms in total. The number of hydrogen-bond acceptors (Lipinski definition) is 5. The van der Waals surface area contributed by atoms with Gasteiger partial charge in [0.1, 0.15) is 0 Å². The van der Waals surface area contributed by atoms with Crippen molar-refractivity contribution in [3.63, 3.8) is 0 Å². The average Bonchev–Trinajstić information content (AvgIpc) is 3.63. The van der Waals surface area contributed by atoms with Gasteiger partial charge in [-0.1, -0.05) is 146 Å². The second kappa shape index (κ2) is 13.0. The fraction of sp³-hybridized carbons (Fsp3) is 0.0588. The van der Waals surface area contributed by atoms with Gasteiger partial charge in [-0.2, -0.15) is 0 Å². The lowest BCUT2D eigenvalue weighted by Gasteiger charge is -2.19. The highest BCUT2D eigenvalue weighted by molar-refractivity contribution is 6.23. The molecule has 5 heteroatoms. The Morgan fingerprint density at radius 3 is 1.61 bits per heavy atom. The third kappa shape index (κ3) is 5.09.